The zero-order valence-electron chi connectivity index (χ0n) is 26.1. The predicted octanol–water partition coefficient (Wildman–Crippen LogP) is 10.3. The van der Waals surface area contributed by atoms with Crippen molar-refractivity contribution in [1.82, 2.24) is 14.9 Å². The van der Waals surface area contributed by atoms with Crippen molar-refractivity contribution in [2.24, 2.45) is 0 Å². The van der Waals surface area contributed by atoms with Gasteiger partial charge < -0.3 is 19.7 Å². The molecule has 1 N–H and O–H groups in total. The Hall–Kier alpha value is -2.72. The van der Waals surface area contributed by atoms with Crippen LogP contribution in [0.5, 0.6) is 11.5 Å². The van der Waals surface area contributed by atoms with Gasteiger partial charge in [0, 0.05) is 64.7 Å². The number of hydrogen-bond acceptors (Lipinski definition) is 7. The molecule has 1 fully saturated rings. The summed E-state index contributed by atoms with van der Waals surface area (Å²) in [6.07, 6.45) is -7.28. The number of aromatic nitrogens is 2. The van der Waals surface area contributed by atoms with Gasteiger partial charge in [-0.1, -0.05) is 56.1 Å². The van der Waals surface area contributed by atoms with Crippen molar-refractivity contribution < 1.29 is 35.8 Å². The molecule has 1 heterocycles. The maximum atomic E-state index is 13.3. The zero-order valence-corrected chi connectivity index (χ0v) is 30.9. The number of rotatable bonds is 10. The summed E-state index contributed by atoms with van der Waals surface area (Å²) in [5.74, 6) is 0.482. The van der Waals surface area contributed by atoms with Gasteiger partial charge in [0.05, 0.1) is 5.52 Å². The average Bonchev–Trinajstić information content (AvgIpc) is 2.97. The minimum absolute atomic E-state index is 0. The normalized spacial score (nSPS) is 16.5. The summed E-state index contributed by atoms with van der Waals surface area (Å²) >= 11 is 6.39. The lowest BCUT2D eigenvalue weighted by molar-refractivity contribution is -0.275. The van der Waals surface area contributed by atoms with E-state index in [-0.39, 0.29) is 72.6 Å². The summed E-state index contributed by atoms with van der Waals surface area (Å²) in [6.45, 7) is -0.0219. The molecule has 0 radical (unpaired) electrons. The van der Waals surface area contributed by atoms with Crippen LogP contribution in [-0.4, -0.2) is 53.8 Å². The van der Waals surface area contributed by atoms with Crippen LogP contribution in [-0.2, 0) is 13.1 Å². The standard InChI is InChI=1S/C32H31Br2F6N5O2.2ClH/c1-44(2)29-25-5-3-4-6-26(25)42-30(43-29)41-23-11-13-24(14-12-23)45(17-19-7-9-21(33)15-27(19)46-31(35,36)37)18-20-8-10-22(34)16-28(20)47-32(38,39)40;;/h3-10,15-16,23-24H,11-14,17-18H2,1-2H3,(H,41,42,43);2*1H/t23-,24+;;. The summed E-state index contributed by atoms with van der Waals surface area (Å²) in [4.78, 5) is 13.2. The molecule has 1 aromatic heterocycles. The van der Waals surface area contributed by atoms with Gasteiger partial charge in [-0.05, 0) is 62.1 Å². The highest BCUT2D eigenvalue weighted by Crippen LogP contribution is 2.36. The molecular weight excluding hydrogens is 831 g/mol. The van der Waals surface area contributed by atoms with E-state index in [0.717, 1.165) is 16.7 Å². The Morgan fingerprint density at radius 2 is 1.27 bits per heavy atom. The van der Waals surface area contributed by atoms with Gasteiger partial charge in [-0.25, -0.2) is 4.98 Å². The number of benzene rings is 3. The number of anilines is 2. The summed E-state index contributed by atoms with van der Waals surface area (Å²) in [6, 6.07) is 16.2. The Morgan fingerprint density at radius 3 is 1.76 bits per heavy atom. The van der Waals surface area contributed by atoms with Gasteiger partial charge in [0.25, 0.3) is 0 Å². The smallest absolute Gasteiger partial charge is 0.405 e. The molecule has 0 spiro atoms. The summed E-state index contributed by atoms with van der Waals surface area (Å²) in [5, 5.41) is 4.36. The Kier molecular flexibility index (Phi) is 14.1. The van der Waals surface area contributed by atoms with Crippen LogP contribution in [0.25, 0.3) is 10.9 Å². The van der Waals surface area contributed by atoms with Gasteiger partial charge in [-0.2, -0.15) is 4.98 Å². The number of halogens is 10. The molecule has 0 amide bonds. The second kappa shape index (κ2) is 17.0. The first-order chi connectivity index (χ1) is 22.1. The van der Waals surface area contributed by atoms with Gasteiger partial charge in [0.15, 0.2) is 0 Å². The minimum atomic E-state index is -4.93. The molecule has 0 aliphatic heterocycles. The minimum Gasteiger partial charge on any atom is -0.405 e. The van der Waals surface area contributed by atoms with E-state index in [1.54, 1.807) is 12.1 Å². The van der Waals surface area contributed by atoms with E-state index < -0.39 is 12.7 Å². The topological polar surface area (TPSA) is 62.8 Å². The van der Waals surface area contributed by atoms with E-state index in [1.165, 1.54) is 24.3 Å². The first kappa shape index (κ1) is 40.7. The van der Waals surface area contributed by atoms with Crippen LogP contribution >= 0.6 is 56.7 Å². The maximum Gasteiger partial charge on any atom is 0.573 e. The molecule has 0 unspecified atom stereocenters. The van der Waals surface area contributed by atoms with Crippen LogP contribution in [0.15, 0.2) is 69.6 Å². The molecule has 1 aliphatic carbocycles. The first-order valence-electron chi connectivity index (χ1n) is 14.7. The molecule has 1 saturated carbocycles. The second-order valence-corrected chi connectivity index (χ2v) is 13.3. The Morgan fingerprint density at radius 1 is 0.755 bits per heavy atom. The van der Waals surface area contributed by atoms with Gasteiger partial charge in [0.1, 0.15) is 17.3 Å². The van der Waals surface area contributed by atoms with Crippen LogP contribution in [0.4, 0.5) is 38.1 Å². The van der Waals surface area contributed by atoms with Crippen LogP contribution in [0.2, 0.25) is 0 Å². The molecule has 1 aliphatic rings. The summed E-state index contributed by atoms with van der Waals surface area (Å²) in [5.41, 5.74) is 1.27. The van der Waals surface area contributed by atoms with Gasteiger partial charge in [0.2, 0.25) is 5.95 Å². The third-order valence-electron chi connectivity index (χ3n) is 7.81. The van der Waals surface area contributed by atoms with Crippen molar-refractivity contribution in [1.29, 1.82) is 0 Å². The number of para-hydroxylation sites is 1. The lowest BCUT2D eigenvalue weighted by Gasteiger charge is -2.38. The Balaban J connectivity index is 0.00000325. The van der Waals surface area contributed by atoms with Gasteiger partial charge in [-0.3, -0.25) is 4.90 Å². The molecule has 268 valence electrons. The van der Waals surface area contributed by atoms with Crippen molar-refractivity contribution >= 4 is 79.3 Å². The number of nitrogens with zero attached hydrogens (tertiary/aromatic N) is 4. The van der Waals surface area contributed by atoms with Crippen molar-refractivity contribution in [2.75, 3.05) is 24.3 Å². The molecule has 4 aromatic rings. The molecule has 0 bridgehead atoms. The molecule has 0 saturated heterocycles. The molecule has 17 heteroatoms. The fourth-order valence-corrected chi connectivity index (χ4v) is 6.42. The monoisotopic (exact) mass is 861 g/mol. The zero-order chi connectivity index (χ0) is 33.9. The number of alkyl halides is 6. The quantitative estimate of drug-likeness (QED) is 0.159. The fourth-order valence-electron chi connectivity index (χ4n) is 5.74. The van der Waals surface area contributed by atoms with Crippen molar-refractivity contribution in [3.63, 3.8) is 0 Å². The third kappa shape index (κ3) is 11.4. The van der Waals surface area contributed by atoms with E-state index in [0.29, 0.717) is 40.6 Å². The highest BCUT2D eigenvalue weighted by Gasteiger charge is 2.35. The molecular formula is C32H33Br2Cl2F6N5O2. The van der Waals surface area contributed by atoms with Gasteiger partial charge in [-0.15, -0.1) is 51.2 Å². The molecule has 3 aromatic carbocycles. The van der Waals surface area contributed by atoms with Crippen molar-refractivity contribution in [3.8, 4) is 11.5 Å². The van der Waals surface area contributed by atoms with Crippen LogP contribution in [0.1, 0.15) is 36.8 Å². The highest BCUT2D eigenvalue weighted by molar-refractivity contribution is 9.10. The third-order valence-corrected chi connectivity index (χ3v) is 8.80. The predicted molar refractivity (Wildman–Crippen MR) is 189 cm³/mol. The second-order valence-electron chi connectivity index (χ2n) is 11.4. The Labute approximate surface area is 308 Å². The van der Waals surface area contributed by atoms with E-state index in [4.69, 9.17) is 9.97 Å². The first-order valence-corrected chi connectivity index (χ1v) is 16.2. The van der Waals surface area contributed by atoms with Crippen LogP contribution in [0, 0.1) is 0 Å². The fraction of sp³-hybridized carbons (Fsp3) is 0.375. The van der Waals surface area contributed by atoms with Gasteiger partial charge >= 0.3 is 12.7 Å². The summed E-state index contributed by atoms with van der Waals surface area (Å²) in [7, 11) is 3.82. The molecule has 5 rings (SSSR count). The van der Waals surface area contributed by atoms with E-state index in [2.05, 4.69) is 46.7 Å². The number of ether oxygens (including phenoxy) is 2. The highest BCUT2D eigenvalue weighted by atomic mass is 79.9. The Bertz CT molecular complexity index is 1640. The molecule has 0 atom stereocenters. The van der Waals surface area contributed by atoms with Crippen molar-refractivity contribution in [2.45, 2.75) is 63.6 Å². The SMILES string of the molecule is CN(C)c1nc(N[C@H]2CC[C@@H](N(Cc3ccc(Br)cc3OC(F)(F)F)Cc3ccc(Br)cc3OC(F)(F)F)CC2)nc2ccccc12.Cl.Cl. The van der Waals surface area contributed by atoms with Crippen LogP contribution < -0.4 is 19.7 Å². The number of fused-ring (bicyclic) bond motifs is 1. The average molecular weight is 864 g/mol. The number of nitrogens with one attached hydrogen (secondary N) is 1. The lowest BCUT2D eigenvalue weighted by atomic mass is 9.89. The maximum absolute atomic E-state index is 13.3. The molecule has 49 heavy (non-hydrogen) atoms. The van der Waals surface area contributed by atoms with Crippen molar-refractivity contribution in [3.05, 3.63) is 80.7 Å². The largest absolute Gasteiger partial charge is 0.573 e. The molecule has 7 nitrogen and oxygen atoms in total. The number of hydrogen-bond donors (Lipinski definition) is 1. The van der Waals surface area contributed by atoms with E-state index in [9.17, 15) is 26.3 Å². The van der Waals surface area contributed by atoms with E-state index >= 15 is 0 Å². The lowest BCUT2D eigenvalue weighted by Crippen LogP contribution is -2.40. The van der Waals surface area contributed by atoms with E-state index in [1.807, 2.05) is 48.2 Å². The summed E-state index contributed by atoms with van der Waals surface area (Å²) < 4.78 is 89.4. The van der Waals surface area contributed by atoms with Crippen LogP contribution in [0.3, 0.4) is 0 Å².